The lowest BCUT2D eigenvalue weighted by Crippen LogP contribution is -2.37. The second-order valence-corrected chi connectivity index (χ2v) is 6.42. The predicted molar refractivity (Wildman–Crippen MR) is 96.2 cm³/mol. The summed E-state index contributed by atoms with van der Waals surface area (Å²) in [7, 11) is 0. The van der Waals surface area contributed by atoms with Gasteiger partial charge in [-0.25, -0.2) is 0 Å². The number of nitrogens with one attached hydrogen (secondary N) is 1. The van der Waals surface area contributed by atoms with Crippen molar-refractivity contribution < 1.29 is 19.1 Å². The van der Waals surface area contributed by atoms with Gasteiger partial charge in [-0.1, -0.05) is 24.3 Å². The van der Waals surface area contributed by atoms with Crippen LogP contribution in [0.5, 0.6) is 11.5 Å². The van der Waals surface area contributed by atoms with E-state index in [2.05, 4.69) is 11.4 Å². The summed E-state index contributed by atoms with van der Waals surface area (Å²) in [6.45, 7) is 2.21. The van der Waals surface area contributed by atoms with Gasteiger partial charge in [0.15, 0.2) is 11.5 Å². The molecule has 134 valence electrons. The van der Waals surface area contributed by atoms with Crippen LogP contribution in [0, 0.1) is 0 Å². The van der Waals surface area contributed by atoms with Gasteiger partial charge in [0.25, 0.3) is 0 Å². The number of nitrogens with zero attached hydrogens (tertiary/aromatic N) is 1. The SMILES string of the molecule is O=C(CC(=O)N1CCc2ccccc2C1)Nc1ccc2c(c1)OCCO2. The molecule has 2 heterocycles. The van der Waals surface area contributed by atoms with Crippen LogP contribution in [-0.2, 0) is 22.6 Å². The van der Waals surface area contributed by atoms with Crippen molar-refractivity contribution in [1.29, 1.82) is 0 Å². The molecule has 0 fully saturated rings. The van der Waals surface area contributed by atoms with Crippen LogP contribution in [-0.4, -0.2) is 36.5 Å². The summed E-state index contributed by atoms with van der Waals surface area (Å²) in [5, 5.41) is 2.76. The van der Waals surface area contributed by atoms with Crippen LogP contribution in [0.3, 0.4) is 0 Å². The average Bonchev–Trinajstić information content (AvgIpc) is 2.67. The van der Waals surface area contributed by atoms with Gasteiger partial charge in [0.2, 0.25) is 11.8 Å². The summed E-state index contributed by atoms with van der Waals surface area (Å²) >= 11 is 0. The largest absolute Gasteiger partial charge is 0.486 e. The highest BCUT2D eigenvalue weighted by Gasteiger charge is 2.22. The third-order valence-corrected chi connectivity index (χ3v) is 4.62. The number of hydrogen-bond acceptors (Lipinski definition) is 4. The quantitative estimate of drug-likeness (QED) is 0.861. The highest BCUT2D eigenvalue weighted by atomic mass is 16.6. The lowest BCUT2D eigenvalue weighted by molar-refractivity contribution is -0.135. The first kappa shape index (κ1) is 16.4. The van der Waals surface area contributed by atoms with Crippen molar-refractivity contribution in [1.82, 2.24) is 4.90 Å². The van der Waals surface area contributed by atoms with Gasteiger partial charge in [-0.2, -0.15) is 0 Å². The number of carbonyl (C=O) groups excluding carboxylic acids is 2. The van der Waals surface area contributed by atoms with E-state index in [1.54, 1.807) is 23.1 Å². The molecule has 6 heteroatoms. The molecule has 0 atom stereocenters. The van der Waals surface area contributed by atoms with Gasteiger partial charge in [0.05, 0.1) is 0 Å². The lowest BCUT2D eigenvalue weighted by Gasteiger charge is -2.28. The van der Waals surface area contributed by atoms with Crippen LogP contribution in [0.1, 0.15) is 17.5 Å². The van der Waals surface area contributed by atoms with E-state index < -0.39 is 0 Å². The smallest absolute Gasteiger partial charge is 0.233 e. The van der Waals surface area contributed by atoms with Crippen LogP contribution < -0.4 is 14.8 Å². The fourth-order valence-electron chi connectivity index (χ4n) is 3.28. The van der Waals surface area contributed by atoms with Crippen molar-refractivity contribution in [3.63, 3.8) is 0 Å². The van der Waals surface area contributed by atoms with Crippen molar-refractivity contribution in [2.24, 2.45) is 0 Å². The molecule has 4 rings (SSSR count). The Labute approximate surface area is 151 Å². The van der Waals surface area contributed by atoms with E-state index in [9.17, 15) is 9.59 Å². The van der Waals surface area contributed by atoms with Gasteiger partial charge in [-0.15, -0.1) is 0 Å². The molecule has 0 aromatic heterocycles. The van der Waals surface area contributed by atoms with Gasteiger partial charge in [0, 0.05) is 24.8 Å². The minimum Gasteiger partial charge on any atom is -0.486 e. The predicted octanol–water partition coefficient (Wildman–Crippen LogP) is 2.37. The Bertz CT molecular complexity index is 849. The Hall–Kier alpha value is -3.02. The molecule has 2 aromatic carbocycles. The first-order valence-corrected chi connectivity index (χ1v) is 8.73. The molecular formula is C20H20N2O4. The number of carbonyl (C=O) groups is 2. The van der Waals surface area contributed by atoms with E-state index in [1.165, 1.54) is 5.56 Å². The number of rotatable bonds is 3. The van der Waals surface area contributed by atoms with Crippen LogP contribution in [0.2, 0.25) is 0 Å². The number of ether oxygens (including phenoxy) is 2. The Morgan fingerprint density at radius 1 is 1.00 bits per heavy atom. The maximum Gasteiger partial charge on any atom is 0.233 e. The van der Waals surface area contributed by atoms with Gasteiger partial charge in [0.1, 0.15) is 19.6 Å². The van der Waals surface area contributed by atoms with Crippen LogP contribution in [0.25, 0.3) is 0 Å². The Balaban J connectivity index is 1.35. The number of amides is 2. The first-order valence-electron chi connectivity index (χ1n) is 8.73. The maximum absolute atomic E-state index is 12.5. The highest BCUT2D eigenvalue weighted by molar-refractivity contribution is 6.03. The molecule has 6 nitrogen and oxygen atoms in total. The van der Waals surface area contributed by atoms with Crippen molar-refractivity contribution in [3.8, 4) is 11.5 Å². The maximum atomic E-state index is 12.5. The molecule has 0 unspecified atom stereocenters. The molecule has 2 amide bonds. The van der Waals surface area contributed by atoms with Crippen LogP contribution >= 0.6 is 0 Å². The second-order valence-electron chi connectivity index (χ2n) is 6.42. The molecule has 0 saturated carbocycles. The first-order chi connectivity index (χ1) is 12.7. The molecule has 0 spiro atoms. The topological polar surface area (TPSA) is 67.9 Å². The fraction of sp³-hybridized carbons (Fsp3) is 0.300. The summed E-state index contributed by atoms with van der Waals surface area (Å²) in [5.74, 6) is 0.783. The summed E-state index contributed by atoms with van der Waals surface area (Å²) in [6, 6.07) is 13.3. The van der Waals surface area contributed by atoms with Gasteiger partial charge >= 0.3 is 0 Å². The van der Waals surface area contributed by atoms with E-state index >= 15 is 0 Å². The molecular weight excluding hydrogens is 332 g/mol. The lowest BCUT2D eigenvalue weighted by atomic mass is 10.00. The molecule has 1 N–H and O–H groups in total. The Kier molecular flexibility index (Phi) is 4.48. The van der Waals surface area contributed by atoms with Crippen molar-refractivity contribution in [2.75, 3.05) is 25.1 Å². The van der Waals surface area contributed by atoms with E-state index in [0.717, 1.165) is 12.0 Å². The average molecular weight is 352 g/mol. The van der Waals surface area contributed by atoms with E-state index in [-0.39, 0.29) is 18.2 Å². The molecule has 0 aliphatic carbocycles. The van der Waals surface area contributed by atoms with Gasteiger partial charge < -0.3 is 19.7 Å². The van der Waals surface area contributed by atoms with E-state index in [1.807, 2.05) is 18.2 Å². The molecule has 2 aromatic rings. The third kappa shape index (κ3) is 3.49. The van der Waals surface area contributed by atoms with E-state index in [0.29, 0.717) is 43.5 Å². The van der Waals surface area contributed by atoms with Crippen LogP contribution in [0.4, 0.5) is 5.69 Å². The number of hydrogen-bond donors (Lipinski definition) is 1. The molecule has 0 saturated heterocycles. The van der Waals surface area contributed by atoms with Crippen LogP contribution in [0.15, 0.2) is 42.5 Å². The zero-order valence-corrected chi connectivity index (χ0v) is 14.4. The minimum absolute atomic E-state index is 0.158. The number of fused-ring (bicyclic) bond motifs is 2. The molecule has 2 aliphatic rings. The van der Waals surface area contributed by atoms with Crippen molar-refractivity contribution in [2.45, 2.75) is 19.4 Å². The number of anilines is 1. The summed E-state index contributed by atoms with van der Waals surface area (Å²) in [5.41, 5.74) is 3.02. The summed E-state index contributed by atoms with van der Waals surface area (Å²) in [4.78, 5) is 26.5. The second kappa shape index (κ2) is 7.07. The monoisotopic (exact) mass is 352 g/mol. The van der Waals surface area contributed by atoms with Crippen molar-refractivity contribution >= 4 is 17.5 Å². The minimum atomic E-state index is -0.328. The summed E-state index contributed by atoms with van der Waals surface area (Å²) < 4.78 is 11.0. The molecule has 0 bridgehead atoms. The Morgan fingerprint density at radius 3 is 2.62 bits per heavy atom. The summed E-state index contributed by atoms with van der Waals surface area (Å²) in [6.07, 6.45) is 0.655. The molecule has 2 aliphatic heterocycles. The number of benzene rings is 2. The zero-order valence-electron chi connectivity index (χ0n) is 14.4. The molecule has 26 heavy (non-hydrogen) atoms. The third-order valence-electron chi connectivity index (χ3n) is 4.62. The molecule has 0 radical (unpaired) electrons. The fourth-order valence-corrected chi connectivity index (χ4v) is 3.28. The van der Waals surface area contributed by atoms with E-state index in [4.69, 9.17) is 9.47 Å². The Morgan fingerprint density at radius 2 is 1.77 bits per heavy atom. The van der Waals surface area contributed by atoms with Gasteiger partial charge in [-0.05, 0) is 29.7 Å². The van der Waals surface area contributed by atoms with Gasteiger partial charge in [-0.3, -0.25) is 9.59 Å². The normalized spacial score (nSPS) is 15.2. The van der Waals surface area contributed by atoms with Crippen molar-refractivity contribution in [3.05, 3.63) is 53.6 Å². The highest BCUT2D eigenvalue weighted by Crippen LogP contribution is 2.32. The standard InChI is InChI=1S/C20H20N2O4/c23-19(21-16-5-6-17-18(11-16)26-10-9-25-17)12-20(24)22-8-7-14-3-1-2-4-15(14)13-22/h1-6,11H,7-10,12-13H2,(H,21,23). The zero-order chi connectivity index (χ0) is 17.9.